The van der Waals surface area contributed by atoms with Crippen molar-refractivity contribution in [3.05, 3.63) is 70.3 Å². The van der Waals surface area contributed by atoms with Crippen molar-refractivity contribution in [2.75, 3.05) is 54.9 Å². The number of carbonyl (C=O) groups excluding carboxylic acids is 2. The highest BCUT2D eigenvalue weighted by molar-refractivity contribution is 5.94. The molecule has 0 bridgehead atoms. The molecule has 3 atom stereocenters. The first kappa shape index (κ1) is 40.2. The van der Waals surface area contributed by atoms with Crippen molar-refractivity contribution in [2.24, 2.45) is 5.84 Å². The molecular formula is C35H56N8O3. The maximum atomic E-state index is 12.5. The first-order valence-electron chi connectivity index (χ1n) is 15.9. The van der Waals surface area contributed by atoms with Crippen molar-refractivity contribution in [1.29, 1.82) is 10.7 Å². The topological polar surface area (TPSA) is 153 Å². The molecule has 2 amide bonds. The van der Waals surface area contributed by atoms with Gasteiger partial charge in [-0.25, -0.2) is 5.84 Å². The highest BCUT2D eigenvalue weighted by Crippen LogP contribution is 2.28. The number of nitrogens with zero attached hydrogens (tertiary/aromatic N) is 5. The number of rotatable bonds is 15. The number of aliphatic hydroxyl groups excluding tert-OH is 1. The van der Waals surface area contributed by atoms with Gasteiger partial charge < -0.3 is 25.2 Å². The van der Waals surface area contributed by atoms with Crippen molar-refractivity contribution in [3.8, 4) is 6.07 Å². The normalized spacial score (nSPS) is 16.5. The second kappa shape index (κ2) is 21.1. The Morgan fingerprint density at radius 2 is 1.96 bits per heavy atom. The molecule has 11 nitrogen and oxygen atoms in total. The van der Waals surface area contributed by atoms with Crippen LogP contribution in [0.5, 0.6) is 0 Å². The van der Waals surface area contributed by atoms with E-state index < -0.39 is 6.23 Å². The zero-order valence-electron chi connectivity index (χ0n) is 29.1. The monoisotopic (exact) mass is 636 g/mol. The van der Waals surface area contributed by atoms with E-state index in [1.807, 2.05) is 51.4 Å². The largest absolute Gasteiger partial charge is 0.374 e. The van der Waals surface area contributed by atoms with Crippen LogP contribution in [0.15, 0.2) is 53.6 Å². The molecule has 0 spiro atoms. The predicted octanol–water partition coefficient (Wildman–Crippen LogP) is 3.65. The number of likely N-dealkylation sites (N-methyl/N-ethyl adjacent to an activating group) is 1. The van der Waals surface area contributed by atoms with E-state index in [1.54, 1.807) is 35.8 Å². The summed E-state index contributed by atoms with van der Waals surface area (Å²) in [7, 11) is 8.82. The van der Waals surface area contributed by atoms with Gasteiger partial charge in [-0.1, -0.05) is 49.8 Å². The number of likely N-dealkylation sites (tertiary alicyclic amines) is 1. The van der Waals surface area contributed by atoms with Crippen LogP contribution in [0.1, 0.15) is 73.9 Å². The van der Waals surface area contributed by atoms with Crippen molar-refractivity contribution < 1.29 is 14.7 Å². The standard InChI is InChI=1S/C29H48N6O2.C6H8N2O/c1-9-22-20-25(29(37)34(6)7)14-15-26(22)23(16-17-32-10-2)18-21(3)19-24(28(36)33(4)5)12-11-13-27(30)35(8)31;7-4-6-2-1-3-8(6)5-9/h11-12,14-15,18-20,23,28,30,32,36H,9-10,13,16-17,31H2,1-8H3;5-6H,1-3H2/b12-11-,21-18+,24-19+,30-27?;. The van der Waals surface area contributed by atoms with E-state index in [4.69, 9.17) is 16.5 Å². The number of benzene rings is 1. The molecule has 3 unspecified atom stereocenters. The van der Waals surface area contributed by atoms with E-state index in [0.717, 1.165) is 62.9 Å². The maximum Gasteiger partial charge on any atom is 0.253 e. The molecule has 1 saturated heterocycles. The van der Waals surface area contributed by atoms with Gasteiger partial charge in [-0.15, -0.1) is 0 Å². The lowest BCUT2D eigenvalue weighted by molar-refractivity contribution is -0.118. The van der Waals surface area contributed by atoms with Crippen LogP contribution in [0, 0.1) is 16.7 Å². The number of aryl methyl sites for hydroxylation is 1. The number of amidine groups is 1. The van der Waals surface area contributed by atoms with E-state index in [0.29, 0.717) is 12.0 Å². The molecule has 0 aliphatic carbocycles. The van der Waals surface area contributed by atoms with Crippen molar-refractivity contribution in [1.82, 2.24) is 25.0 Å². The number of hydrogen-bond donors (Lipinski definition) is 4. The van der Waals surface area contributed by atoms with Crippen LogP contribution in [0.4, 0.5) is 0 Å². The highest BCUT2D eigenvalue weighted by Gasteiger charge is 2.21. The number of hydrogen-bond acceptors (Lipinski definition) is 8. The zero-order chi connectivity index (χ0) is 34.8. The third-order valence-corrected chi connectivity index (χ3v) is 7.73. The van der Waals surface area contributed by atoms with Gasteiger partial charge in [0.25, 0.3) is 5.91 Å². The third-order valence-electron chi connectivity index (χ3n) is 7.73. The summed E-state index contributed by atoms with van der Waals surface area (Å²) in [6.45, 7) is 8.79. The Morgan fingerprint density at radius 1 is 1.26 bits per heavy atom. The first-order chi connectivity index (χ1) is 21.8. The average molecular weight is 637 g/mol. The zero-order valence-corrected chi connectivity index (χ0v) is 29.1. The number of aliphatic hydroxyl groups is 1. The maximum absolute atomic E-state index is 12.5. The highest BCUT2D eigenvalue weighted by atomic mass is 16.3. The number of nitriles is 1. The molecule has 0 radical (unpaired) electrons. The smallest absolute Gasteiger partial charge is 0.253 e. The van der Waals surface area contributed by atoms with Crippen LogP contribution in [-0.4, -0.2) is 110 Å². The lowest BCUT2D eigenvalue weighted by Crippen LogP contribution is -2.32. The number of nitrogens with two attached hydrogens (primary N) is 1. The molecule has 5 N–H and O–H groups in total. The van der Waals surface area contributed by atoms with Gasteiger partial charge in [-0.3, -0.25) is 19.9 Å². The average Bonchev–Trinajstić information content (AvgIpc) is 3.51. The summed E-state index contributed by atoms with van der Waals surface area (Å²) in [6, 6.07) is 7.93. The Hall–Kier alpha value is -3.82. The van der Waals surface area contributed by atoms with E-state index in [9.17, 15) is 14.7 Å². The molecule has 1 aliphatic heterocycles. The molecule has 11 heteroatoms. The second-order valence-corrected chi connectivity index (χ2v) is 11.9. The lowest BCUT2D eigenvalue weighted by atomic mass is 9.87. The fourth-order valence-electron chi connectivity index (χ4n) is 5.07. The molecular weight excluding hydrogens is 580 g/mol. The van der Waals surface area contributed by atoms with Gasteiger partial charge in [0.15, 0.2) is 0 Å². The molecule has 0 aromatic heterocycles. The first-order valence-corrected chi connectivity index (χ1v) is 15.9. The molecule has 1 aliphatic rings. The minimum Gasteiger partial charge on any atom is -0.374 e. The minimum absolute atomic E-state index is 0.00289. The Labute approximate surface area is 276 Å². The van der Waals surface area contributed by atoms with Crippen molar-refractivity contribution in [2.45, 2.75) is 71.1 Å². The van der Waals surface area contributed by atoms with E-state index >= 15 is 0 Å². The Balaban J connectivity index is 0.00000100. The van der Waals surface area contributed by atoms with Crippen LogP contribution in [0.25, 0.3) is 0 Å². The Morgan fingerprint density at radius 3 is 2.48 bits per heavy atom. The predicted molar refractivity (Wildman–Crippen MR) is 186 cm³/mol. The van der Waals surface area contributed by atoms with Gasteiger partial charge in [0.2, 0.25) is 6.41 Å². The summed E-state index contributed by atoms with van der Waals surface area (Å²) in [5.74, 6) is 6.07. The molecule has 46 heavy (non-hydrogen) atoms. The summed E-state index contributed by atoms with van der Waals surface area (Å²) in [5.41, 5.74) is 4.85. The van der Waals surface area contributed by atoms with Gasteiger partial charge in [0.05, 0.1) is 6.07 Å². The number of amides is 2. The number of hydrazine groups is 1. The van der Waals surface area contributed by atoms with Gasteiger partial charge in [-0.05, 0) is 88.6 Å². The number of carbonyl (C=O) groups is 2. The fraction of sp³-hybridized carbons (Fsp3) is 0.543. The van der Waals surface area contributed by atoms with Crippen LogP contribution >= 0.6 is 0 Å². The molecule has 1 heterocycles. The van der Waals surface area contributed by atoms with E-state index in [1.165, 1.54) is 16.1 Å². The summed E-state index contributed by atoms with van der Waals surface area (Å²) >= 11 is 0. The van der Waals surface area contributed by atoms with Crippen LogP contribution in [0.3, 0.4) is 0 Å². The number of nitrogens with one attached hydrogen (secondary N) is 2. The quantitative estimate of drug-likeness (QED) is 0.0333. The Bertz CT molecular complexity index is 1260. The molecule has 0 saturated carbocycles. The van der Waals surface area contributed by atoms with Gasteiger partial charge >= 0.3 is 0 Å². The SMILES string of the molecule is CCNCCC(/C=C(C)/C=C(\C=C/CC(=N)N(C)N)C(O)N(C)C)c1ccc(C(=O)N(C)C)cc1CC.N#CC1CCCN1C=O. The number of allylic oxidation sites excluding steroid dienone is 3. The van der Waals surface area contributed by atoms with Crippen molar-refractivity contribution >= 4 is 18.2 Å². The third kappa shape index (κ3) is 13.3. The van der Waals surface area contributed by atoms with Crippen LogP contribution in [-0.2, 0) is 11.2 Å². The van der Waals surface area contributed by atoms with Crippen LogP contribution in [0.2, 0.25) is 0 Å². The molecule has 2 rings (SSSR count). The van der Waals surface area contributed by atoms with Crippen LogP contribution < -0.4 is 11.2 Å². The van der Waals surface area contributed by atoms with E-state index in [2.05, 4.69) is 37.4 Å². The summed E-state index contributed by atoms with van der Waals surface area (Å²) < 4.78 is 0. The van der Waals surface area contributed by atoms with E-state index in [-0.39, 0.29) is 23.7 Å². The summed E-state index contributed by atoms with van der Waals surface area (Å²) in [4.78, 5) is 27.6. The van der Waals surface area contributed by atoms with Gasteiger partial charge in [0, 0.05) is 45.6 Å². The van der Waals surface area contributed by atoms with Gasteiger partial charge in [0.1, 0.15) is 18.1 Å². The summed E-state index contributed by atoms with van der Waals surface area (Å²) in [5, 5.41) is 31.8. The summed E-state index contributed by atoms with van der Waals surface area (Å²) in [6.07, 6.45) is 11.8. The minimum atomic E-state index is -0.785. The fourth-order valence-corrected chi connectivity index (χ4v) is 5.07. The van der Waals surface area contributed by atoms with Crippen molar-refractivity contribution in [3.63, 3.8) is 0 Å². The Kier molecular flexibility index (Phi) is 18.4. The molecule has 1 fully saturated rings. The molecule has 254 valence electrons. The second-order valence-electron chi connectivity index (χ2n) is 11.9. The van der Waals surface area contributed by atoms with Gasteiger partial charge in [-0.2, -0.15) is 5.26 Å². The molecule has 1 aromatic carbocycles. The molecule has 1 aromatic rings. The lowest BCUT2D eigenvalue weighted by Gasteiger charge is -2.21.